The van der Waals surface area contributed by atoms with Gasteiger partial charge in [0.25, 0.3) is 0 Å². The third-order valence-corrected chi connectivity index (χ3v) is 5.08. The number of carboxylic acids is 1. The van der Waals surface area contributed by atoms with E-state index in [1.165, 1.54) is 4.90 Å². The average Bonchev–Trinajstić information content (AvgIpc) is 3.13. The molecule has 1 fully saturated rings. The number of hydrogen-bond acceptors (Lipinski definition) is 7. The van der Waals surface area contributed by atoms with Crippen molar-refractivity contribution in [1.82, 2.24) is 15.5 Å². The van der Waals surface area contributed by atoms with Gasteiger partial charge in [-0.05, 0) is 25.2 Å². The average molecular weight is 446 g/mol. The number of nitrogens with zero attached hydrogens (tertiary/aromatic N) is 1. The largest absolute Gasteiger partial charge is 0.480 e. The fourth-order valence-electron chi connectivity index (χ4n) is 3.26. The molecule has 12 heteroatoms. The van der Waals surface area contributed by atoms with Crippen molar-refractivity contribution in [2.45, 2.75) is 63.7 Å². The summed E-state index contributed by atoms with van der Waals surface area (Å²) in [5.41, 5.74) is 11.1. The molecule has 11 nitrogen and oxygen atoms in total. The first kappa shape index (κ1) is 25.7. The smallest absolute Gasteiger partial charge is 0.327 e. The highest BCUT2D eigenvalue weighted by Crippen LogP contribution is 2.20. The van der Waals surface area contributed by atoms with Crippen LogP contribution < -0.4 is 22.1 Å². The van der Waals surface area contributed by atoms with E-state index < -0.39 is 54.3 Å². The van der Waals surface area contributed by atoms with Crippen molar-refractivity contribution in [3.63, 3.8) is 0 Å². The lowest BCUT2D eigenvalue weighted by atomic mass is 10.0. The third kappa shape index (κ3) is 7.48. The van der Waals surface area contributed by atoms with E-state index >= 15 is 0 Å². The first-order valence-corrected chi connectivity index (χ1v) is 10.4. The van der Waals surface area contributed by atoms with Gasteiger partial charge in [-0.25, -0.2) is 4.79 Å². The Labute approximate surface area is 180 Å². The highest BCUT2D eigenvalue weighted by molar-refractivity contribution is 7.80. The van der Waals surface area contributed by atoms with Crippen molar-refractivity contribution in [3.8, 4) is 0 Å². The molecule has 0 aromatic heterocycles. The monoisotopic (exact) mass is 445 g/mol. The summed E-state index contributed by atoms with van der Waals surface area (Å²) >= 11 is 3.86. The van der Waals surface area contributed by atoms with Crippen LogP contribution >= 0.6 is 12.6 Å². The van der Waals surface area contributed by atoms with Gasteiger partial charge in [0.05, 0.1) is 12.5 Å². The van der Waals surface area contributed by atoms with Gasteiger partial charge in [0, 0.05) is 12.3 Å². The van der Waals surface area contributed by atoms with E-state index in [0.717, 1.165) is 0 Å². The predicted molar refractivity (Wildman–Crippen MR) is 111 cm³/mol. The first-order valence-electron chi connectivity index (χ1n) is 9.76. The Morgan fingerprint density at radius 2 is 1.80 bits per heavy atom. The van der Waals surface area contributed by atoms with Crippen LogP contribution in [0.1, 0.15) is 39.5 Å². The number of carbonyl (C=O) groups is 5. The lowest BCUT2D eigenvalue weighted by Gasteiger charge is -2.28. The van der Waals surface area contributed by atoms with Gasteiger partial charge >= 0.3 is 5.97 Å². The predicted octanol–water partition coefficient (Wildman–Crippen LogP) is -1.79. The molecule has 4 amide bonds. The lowest BCUT2D eigenvalue weighted by molar-refractivity contribution is -0.143. The molecule has 0 aromatic carbocycles. The van der Waals surface area contributed by atoms with Crippen LogP contribution in [-0.2, 0) is 24.0 Å². The number of carboxylic acid groups (broad SMARTS) is 1. The van der Waals surface area contributed by atoms with Gasteiger partial charge in [-0.15, -0.1) is 0 Å². The van der Waals surface area contributed by atoms with Gasteiger partial charge < -0.3 is 32.1 Å². The molecule has 4 unspecified atom stereocenters. The summed E-state index contributed by atoms with van der Waals surface area (Å²) in [6.07, 6.45) is 0.914. The number of primary amides is 1. The van der Waals surface area contributed by atoms with Crippen LogP contribution in [0.15, 0.2) is 0 Å². The maximum Gasteiger partial charge on any atom is 0.327 e. The Bertz CT molecular complexity index is 673. The fourth-order valence-corrected chi connectivity index (χ4v) is 3.51. The molecule has 0 aromatic rings. The molecule has 1 heterocycles. The summed E-state index contributed by atoms with van der Waals surface area (Å²) in [6, 6.07) is -4.25. The molecule has 4 atom stereocenters. The maximum absolute atomic E-state index is 12.8. The van der Waals surface area contributed by atoms with Crippen molar-refractivity contribution in [1.29, 1.82) is 0 Å². The number of thiol groups is 1. The summed E-state index contributed by atoms with van der Waals surface area (Å²) in [7, 11) is 0. The molecule has 30 heavy (non-hydrogen) atoms. The van der Waals surface area contributed by atoms with E-state index in [9.17, 15) is 24.0 Å². The van der Waals surface area contributed by atoms with Crippen molar-refractivity contribution < 1.29 is 29.1 Å². The van der Waals surface area contributed by atoms with Gasteiger partial charge in [-0.2, -0.15) is 12.6 Å². The zero-order valence-electron chi connectivity index (χ0n) is 17.2. The Balaban J connectivity index is 2.89. The molecule has 7 N–H and O–H groups in total. The van der Waals surface area contributed by atoms with Crippen molar-refractivity contribution >= 4 is 42.2 Å². The summed E-state index contributed by atoms with van der Waals surface area (Å²) in [5, 5.41) is 13.7. The molecule has 0 aliphatic carbocycles. The second-order valence-electron chi connectivity index (χ2n) is 7.74. The number of hydrogen-bond donors (Lipinski definition) is 6. The molecule has 0 bridgehead atoms. The van der Waals surface area contributed by atoms with Crippen LogP contribution in [0.25, 0.3) is 0 Å². The first-order chi connectivity index (χ1) is 14.0. The van der Waals surface area contributed by atoms with E-state index in [1.54, 1.807) is 0 Å². The van der Waals surface area contributed by atoms with Crippen LogP contribution in [0.5, 0.6) is 0 Å². The number of rotatable bonds is 11. The van der Waals surface area contributed by atoms with Crippen molar-refractivity contribution in [2.75, 3.05) is 12.3 Å². The minimum Gasteiger partial charge on any atom is -0.480 e. The number of aliphatic carboxylic acids is 1. The topological polar surface area (TPSA) is 185 Å². The molecule has 1 aliphatic heterocycles. The van der Waals surface area contributed by atoms with Gasteiger partial charge in [-0.3, -0.25) is 19.2 Å². The lowest BCUT2D eigenvalue weighted by Crippen LogP contribution is -2.57. The van der Waals surface area contributed by atoms with E-state index in [-0.39, 0.29) is 17.6 Å². The van der Waals surface area contributed by atoms with Crippen LogP contribution in [0.3, 0.4) is 0 Å². The molecule has 170 valence electrons. The second kappa shape index (κ2) is 11.7. The Kier molecular flexibility index (Phi) is 10.1. The zero-order chi connectivity index (χ0) is 23.0. The van der Waals surface area contributed by atoms with Crippen LogP contribution in [0.2, 0.25) is 0 Å². The van der Waals surface area contributed by atoms with Crippen molar-refractivity contribution in [3.05, 3.63) is 0 Å². The zero-order valence-corrected chi connectivity index (χ0v) is 18.1. The Morgan fingerprint density at radius 3 is 2.30 bits per heavy atom. The molecule has 1 saturated heterocycles. The molecule has 0 spiro atoms. The molecular formula is C18H31N5O6S. The fraction of sp³-hybridized carbons (Fsp3) is 0.722. The summed E-state index contributed by atoms with van der Waals surface area (Å²) in [4.78, 5) is 61.7. The normalized spacial score (nSPS) is 19.1. The quantitative estimate of drug-likeness (QED) is 0.203. The van der Waals surface area contributed by atoms with Gasteiger partial charge in [-0.1, -0.05) is 13.8 Å². The van der Waals surface area contributed by atoms with E-state index in [4.69, 9.17) is 16.6 Å². The second-order valence-corrected chi connectivity index (χ2v) is 8.10. The van der Waals surface area contributed by atoms with Crippen molar-refractivity contribution in [2.24, 2.45) is 17.4 Å². The summed E-state index contributed by atoms with van der Waals surface area (Å²) < 4.78 is 0. The standard InChI is InChI=1S/C18H31N5O6S/c1-9(2)6-10(19)17(27)23-5-3-4-13(23)16(26)21-11(7-14(20)24)15(25)22-12(8-30)18(28)29/h9-13,30H,3-8,19H2,1-2H3,(H2,20,24)(H,21,26)(H,22,25)(H,28,29). The maximum atomic E-state index is 12.8. The van der Waals surface area contributed by atoms with E-state index in [1.807, 2.05) is 13.8 Å². The van der Waals surface area contributed by atoms with E-state index in [2.05, 4.69) is 23.3 Å². The Morgan fingerprint density at radius 1 is 1.17 bits per heavy atom. The summed E-state index contributed by atoms with van der Waals surface area (Å²) in [5.74, 6) is -4.00. The SMILES string of the molecule is CC(C)CC(N)C(=O)N1CCCC1C(=O)NC(CC(N)=O)C(=O)NC(CS)C(=O)O. The van der Waals surface area contributed by atoms with Crippen LogP contribution in [0.4, 0.5) is 0 Å². The van der Waals surface area contributed by atoms with Gasteiger partial charge in [0.1, 0.15) is 18.1 Å². The van der Waals surface area contributed by atoms with Gasteiger partial charge in [0.15, 0.2) is 0 Å². The number of nitrogens with one attached hydrogen (secondary N) is 2. The molecule has 0 saturated carbocycles. The van der Waals surface area contributed by atoms with E-state index in [0.29, 0.717) is 25.8 Å². The minimum atomic E-state index is -1.38. The highest BCUT2D eigenvalue weighted by atomic mass is 32.1. The number of carbonyl (C=O) groups excluding carboxylic acids is 4. The minimum absolute atomic E-state index is 0.184. The van der Waals surface area contributed by atoms with Crippen LogP contribution in [-0.4, -0.2) is 76.1 Å². The van der Waals surface area contributed by atoms with Crippen LogP contribution in [0, 0.1) is 5.92 Å². The summed E-state index contributed by atoms with van der Waals surface area (Å²) in [6.45, 7) is 4.23. The number of likely N-dealkylation sites (tertiary alicyclic amines) is 1. The molecule has 1 aliphatic rings. The molecule has 1 rings (SSSR count). The molecule has 0 radical (unpaired) electrons. The third-order valence-electron chi connectivity index (χ3n) is 4.72. The highest BCUT2D eigenvalue weighted by Gasteiger charge is 2.38. The Hall–Kier alpha value is -2.34. The van der Waals surface area contributed by atoms with Gasteiger partial charge in [0.2, 0.25) is 23.6 Å². The number of amides is 4. The molecular weight excluding hydrogens is 414 g/mol. The number of nitrogens with two attached hydrogens (primary N) is 2.